The summed E-state index contributed by atoms with van der Waals surface area (Å²) >= 11 is 0. The third-order valence-electron chi connectivity index (χ3n) is 4.27. The number of piperidine rings is 1. The summed E-state index contributed by atoms with van der Waals surface area (Å²) in [7, 11) is 0. The summed E-state index contributed by atoms with van der Waals surface area (Å²) in [6.45, 7) is 1.76. The molecule has 2 aromatic heterocycles. The molecule has 3 heterocycles. The molecule has 1 aliphatic rings. The Balaban J connectivity index is 2.00. The van der Waals surface area contributed by atoms with Gasteiger partial charge in [0.1, 0.15) is 5.39 Å². The van der Waals surface area contributed by atoms with Gasteiger partial charge in [-0.25, -0.2) is 9.78 Å². The average molecular weight is 323 g/mol. The molecule has 0 amide bonds. The molecule has 1 fully saturated rings. The third-order valence-corrected chi connectivity index (χ3v) is 4.27. The summed E-state index contributed by atoms with van der Waals surface area (Å²) in [6.07, 6.45) is 3.38. The molecule has 0 atom stereocenters. The first kappa shape index (κ1) is 14.6. The Labute approximate surface area is 137 Å². The molecule has 1 aliphatic heterocycles. The summed E-state index contributed by atoms with van der Waals surface area (Å²) in [5, 5.41) is 0.307. The van der Waals surface area contributed by atoms with Crippen LogP contribution in [-0.4, -0.2) is 33.0 Å². The van der Waals surface area contributed by atoms with Crippen LogP contribution in [0.2, 0.25) is 0 Å². The minimum absolute atomic E-state index is 0.276. The van der Waals surface area contributed by atoms with E-state index in [2.05, 4.69) is 24.8 Å². The van der Waals surface area contributed by atoms with E-state index in [0.717, 1.165) is 31.5 Å². The van der Waals surface area contributed by atoms with Gasteiger partial charge in [0.05, 0.1) is 5.69 Å². The largest absolute Gasteiger partial charge is 0.341 e. The molecular weight excluding hydrogens is 306 g/mol. The van der Waals surface area contributed by atoms with Crippen LogP contribution in [-0.2, 0) is 0 Å². The van der Waals surface area contributed by atoms with E-state index in [9.17, 15) is 9.59 Å². The Morgan fingerprint density at radius 3 is 2.42 bits per heavy atom. The van der Waals surface area contributed by atoms with Crippen molar-refractivity contribution in [1.29, 1.82) is 0 Å². The molecule has 0 spiro atoms. The number of hydrogen-bond acceptors (Lipinski definition) is 5. The Hall–Kier alpha value is -2.96. The van der Waals surface area contributed by atoms with Gasteiger partial charge in [0.25, 0.3) is 5.56 Å². The molecular formula is C17H17N5O2. The maximum atomic E-state index is 12.3. The lowest BCUT2D eigenvalue weighted by Crippen LogP contribution is -2.32. The van der Waals surface area contributed by atoms with Crippen LogP contribution < -0.4 is 16.1 Å². The predicted octanol–water partition coefficient (Wildman–Crippen LogP) is 1.66. The normalized spacial score (nSPS) is 14.9. The maximum absolute atomic E-state index is 12.3. The monoisotopic (exact) mass is 323 g/mol. The molecule has 1 aromatic carbocycles. The van der Waals surface area contributed by atoms with Crippen LogP contribution in [0.25, 0.3) is 22.3 Å². The molecule has 1 saturated heterocycles. The van der Waals surface area contributed by atoms with E-state index in [-0.39, 0.29) is 5.65 Å². The number of aromatic nitrogens is 4. The van der Waals surface area contributed by atoms with Gasteiger partial charge >= 0.3 is 5.69 Å². The Bertz CT molecular complexity index is 987. The van der Waals surface area contributed by atoms with E-state index < -0.39 is 11.2 Å². The van der Waals surface area contributed by atoms with Crippen LogP contribution in [0.15, 0.2) is 39.9 Å². The van der Waals surface area contributed by atoms with Crippen molar-refractivity contribution >= 4 is 17.0 Å². The zero-order valence-corrected chi connectivity index (χ0v) is 13.1. The highest BCUT2D eigenvalue weighted by Gasteiger charge is 2.19. The third kappa shape index (κ3) is 2.58. The van der Waals surface area contributed by atoms with Gasteiger partial charge in [-0.2, -0.15) is 4.98 Å². The molecule has 0 radical (unpaired) electrons. The van der Waals surface area contributed by atoms with Gasteiger partial charge in [-0.1, -0.05) is 30.3 Å². The Kier molecular flexibility index (Phi) is 3.60. The standard InChI is InChI=1S/C17H17N5O2/c23-15-12-13(11-7-3-1-4-8-11)18-16(22-9-5-2-6-10-22)19-14(12)20-17(24)21-15/h1,3-4,7-8H,2,5-6,9-10H2,(H2,18,19,20,21,23,24). The van der Waals surface area contributed by atoms with E-state index in [4.69, 9.17) is 0 Å². The van der Waals surface area contributed by atoms with Crippen molar-refractivity contribution in [2.24, 2.45) is 0 Å². The van der Waals surface area contributed by atoms with Crippen LogP contribution >= 0.6 is 0 Å². The van der Waals surface area contributed by atoms with E-state index in [1.165, 1.54) is 6.42 Å². The number of H-pyrrole nitrogens is 2. The molecule has 122 valence electrons. The SMILES string of the molecule is O=c1[nH]c(=O)c2c(-c3ccccc3)nc(N3CCCCC3)nc2[nH]1. The number of nitrogens with zero attached hydrogens (tertiary/aromatic N) is 3. The van der Waals surface area contributed by atoms with E-state index >= 15 is 0 Å². The van der Waals surface area contributed by atoms with Crippen molar-refractivity contribution in [3.63, 3.8) is 0 Å². The van der Waals surface area contributed by atoms with E-state index in [1.54, 1.807) is 0 Å². The van der Waals surface area contributed by atoms with Gasteiger partial charge in [0.15, 0.2) is 5.65 Å². The molecule has 4 rings (SSSR count). The predicted molar refractivity (Wildman–Crippen MR) is 92.3 cm³/mol. The van der Waals surface area contributed by atoms with Crippen molar-refractivity contribution in [3.05, 3.63) is 51.2 Å². The highest BCUT2D eigenvalue weighted by atomic mass is 16.2. The fourth-order valence-corrected chi connectivity index (χ4v) is 3.10. The molecule has 0 bridgehead atoms. The fourth-order valence-electron chi connectivity index (χ4n) is 3.10. The summed E-state index contributed by atoms with van der Waals surface area (Å²) < 4.78 is 0. The Morgan fingerprint density at radius 2 is 1.67 bits per heavy atom. The van der Waals surface area contributed by atoms with Gasteiger partial charge in [-0.3, -0.25) is 14.8 Å². The van der Waals surface area contributed by atoms with Gasteiger partial charge in [-0.05, 0) is 19.3 Å². The molecule has 0 unspecified atom stereocenters. The fraction of sp³-hybridized carbons (Fsp3) is 0.294. The summed E-state index contributed by atoms with van der Waals surface area (Å²) in [6, 6.07) is 9.48. The highest BCUT2D eigenvalue weighted by Crippen LogP contribution is 2.25. The molecule has 0 saturated carbocycles. The van der Waals surface area contributed by atoms with Gasteiger partial charge < -0.3 is 4.90 Å². The Morgan fingerprint density at radius 1 is 0.917 bits per heavy atom. The zero-order valence-electron chi connectivity index (χ0n) is 13.1. The van der Waals surface area contributed by atoms with Crippen molar-refractivity contribution < 1.29 is 0 Å². The van der Waals surface area contributed by atoms with Crippen molar-refractivity contribution in [1.82, 2.24) is 19.9 Å². The smallest absolute Gasteiger partial charge is 0.327 e. The minimum atomic E-state index is -0.560. The molecule has 7 heteroatoms. The second-order valence-corrected chi connectivity index (χ2v) is 5.92. The van der Waals surface area contributed by atoms with Gasteiger partial charge in [0.2, 0.25) is 5.95 Å². The summed E-state index contributed by atoms with van der Waals surface area (Å²) in [4.78, 5) is 40.1. The average Bonchev–Trinajstić information content (AvgIpc) is 2.62. The lowest BCUT2D eigenvalue weighted by atomic mass is 10.1. The first-order valence-corrected chi connectivity index (χ1v) is 8.07. The lowest BCUT2D eigenvalue weighted by molar-refractivity contribution is 0.569. The van der Waals surface area contributed by atoms with Crippen LogP contribution in [0.3, 0.4) is 0 Å². The maximum Gasteiger partial charge on any atom is 0.327 e. The molecule has 24 heavy (non-hydrogen) atoms. The first-order chi connectivity index (χ1) is 11.7. The molecule has 7 nitrogen and oxygen atoms in total. The van der Waals surface area contributed by atoms with Crippen LogP contribution in [0, 0.1) is 0 Å². The number of aromatic amines is 2. The number of fused-ring (bicyclic) bond motifs is 1. The van der Waals surface area contributed by atoms with E-state index in [1.807, 2.05) is 30.3 Å². The number of nitrogens with one attached hydrogen (secondary N) is 2. The van der Waals surface area contributed by atoms with Crippen molar-refractivity contribution in [2.45, 2.75) is 19.3 Å². The number of rotatable bonds is 2. The second kappa shape index (κ2) is 5.92. The van der Waals surface area contributed by atoms with Gasteiger partial charge in [-0.15, -0.1) is 0 Å². The molecule has 0 aliphatic carbocycles. The van der Waals surface area contributed by atoms with Crippen LogP contribution in [0.5, 0.6) is 0 Å². The van der Waals surface area contributed by atoms with Crippen molar-refractivity contribution in [2.75, 3.05) is 18.0 Å². The van der Waals surface area contributed by atoms with E-state index in [0.29, 0.717) is 17.0 Å². The van der Waals surface area contributed by atoms with Gasteiger partial charge in [0, 0.05) is 18.7 Å². The number of benzene rings is 1. The topological polar surface area (TPSA) is 94.7 Å². The summed E-state index contributed by atoms with van der Waals surface area (Å²) in [5.41, 5.74) is 0.602. The molecule has 2 N–H and O–H groups in total. The quantitative estimate of drug-likeness (QED) is 0.748. The number of anilines is 1. The summed E-state index contributed by atoms with van der Waals surface area (Å²) in [5.74, 6) is 0.558. The second-order valence-electron chi connectivity index (χ2n) is 5.92. The molecule has 3 aromatic rings. The number of hydrogen-bond donors (Lipinski definition) is 2. The first-order valence-electron chi connectivity index (χ1n) is 8.07. The minimum Gasteiger partial charge on any atom is -0.341 e. The van der Waals surface area contributed by atoms with Crippen LogP contribution in [0.1, 0.15) is 19.3 Å². The lowest BCUT2D eigenvalue weighted by Gasteiger charge is -2.27. The van der Waals surface area contributed by atoms with Crippen molar-refractivity contribution in [3.8, 4) is 11.3 Å². The zero-order chi connectivity index (χ0) is 16.5. The van der Waals surface area contributed by atoms with Crippen LogP contribution in [0.4, 0.5) is 5.95 Å². The highest BCUT2D eigenvalue weighted by molar-refractivity contribution is 5.90.